The van der Waals surface area contributed by atoms with E-state index in [1.54, 1.807) is 24.3 Å². The predicted octanol–water partition coefficient (Wildman–Crippen LogP) is 2.21. The van der Waals surface area contributed by atoms with E-state index in [1.807, 2.05) is 0 Å². The molecule has 6 heteroatoms. The Morgan fingerprint density at radius 1 is 1.32 bits per heavy atom. The van der Waals surface area contributed by atoms with Crippen LogP contribution in [0, 0.1) is 0 Å². The van der Waals surface area contributed by atoms with E-state index in [2.05, 4.69) is 10.2 Å². The van der Waals surface area contributed by atoms with Crippen LogP contribution in [0.2, 0.25) is 0 Å². The van der Waals surface area contributed by atoms with Crippen LogP contribution in [0.15, 0.2) is 34.5 Å². The number of carboxylic acids is 1. The molecule has 1 aromatic carbocycles. The zero-order valence-corrected chi connectivity index (χ0v) is 11.1. The molecule has 0 unspecified atom stereocenters. The summed E-state index contributed by atoms with van der Waals surface area (Å²) in [4.78, 5) is 22.0. The van der Waals surface area contributed by atoms with Gasteiger partial charge in [0.25, 0.3) is 0 Å². The van der Waals surface area contributed by atoms with E-state index in [0.717, 1.165) is 5.04 Å². The number of hydrogen-bond acceptors (Lipinski definition) is 5. The molecule has 2 rings (SSSR count). The minimum atomic E-state index is -0.983. The van der Waals surface area contributed by atoms with Crippen molar-refractivity contribution in [2.75, 3.05) is 5.75 Å². The summed E-state index contributed by atoms with van der Waals surface area (Å²) in [6, 6.07) is 6.71. The molecule has 19 heavy (non-hydrogen) atoms. The normalized spacial score (nSPS) is 13.9. The second-order valence-corrected chi connectivity index (χ2v) is 5.11. The van der Waals surface area contributed by atoms with Gasteiger partial charge in [0.2, 0.25) is 0 Å². The van der Waals surface area contributed by atoms with Crippen molar-refractivity contribution < 1.29 is 14.7 Å². The standard InChI is InChI=1S/C13H12N2O3S/c1-8(16)7-19-12-6-11(14-15-12)9-4-2-3-5-10(9)13(17)18/h2-5H,6-7H2,1H3,(H,17,18). The maximum atomic E-state index is 11.1. The number of ketones is 1. The highest BCUT2D eigenvalue weighted by Crippen LogP contribution is 2.21. The predicted molar refractivity (Wildman–Crippen MR) is 75.1 cm³/mol. The van der Waals surface area contributed by atoms with Crippen molar-refractivity contribution in [2.24, 2.45) is 10.2 Å². The molecule has 0 fully saturated rings. The number of Topliss-reactive ketones (excluding diaryl/α,β-unsaturated/α-hetero) is 1. The third-order valence-electron chi connectivity index (χ3n) is 2.51. The molecule has 0 atom stereocenters. The Morgan fingerprint density at radius 2 is 2.05 bits per heavy atom. The van der Waals surface area contributed by atoms with Gasteiger partial charge in [-0.1, -0.05) is 18.2 Å². The molecule has 0 bridgehead atoms. The highest BCUT2D eigenvalue weighted by molar-refractivity contribution is 8.14. The summed E-state index contributed by atoms with van der Waals surface area (Å²) < 4.78 is 0. The first-order valence-electron chi connectivity index (χ1n) is 5.66. The zero-order valence-electron chi connectivity index (χ0n) is 10.3. The van der Waals surface area contributed by atoms with Crippen molar-refractivity contribution in [1.82, 2.24) is 0 Å². The van der Waals surface area contributed by atoms with Crippen LogP contribution in [-0.2, 0) is 4.79 Å². The summed E-state index contributed by atoms with van der Waals surface area (Å²) in [5, 5.41) is 17.9. The summed E-state index contributed by atoms with van der Waals surface area (Å²) in [6.07, 6.45) is 0.474. The van der Waals surface area contributed by atoms with Gasteiger partial charge >= 0.3 is 5.97 Å². The summed E-state index contributed by atoms with van der Waals surface area (Å²) >= 11 is 1.34. The van der Waals surface area contributed by atoms with Crippen LogP contribution >= 0.6 is 11.8 Å². The lowest BCUT2D eigenvalue weighted by Gasteiger charge is -2.04. The molecule has 1 aliphatic heterocycles. The molecule has 98 valence electrons. The molecule has 1 aromatic rings. The number of benzene rings is 1. The van der Waals surface area contributed by atoms with Crippen molar-refractivity contribution in [1.29, 1.82) is 0 Å². The fourth-order valence-corrected chi connectivity index (χ4v) is 2.37. The Labute approximate surface area is 114 Å². The molecule has 0 amide bonds. The fourth-order valence-electron chi connectivity index (χ4n) is 1.67. The second kappa shape index (κ2) is 5.79. The van der Waals surface area contributed by atoms with E-state index in [4.69, 9.17) is 5.11 Å². The molecule has 1 heterocycles. The van der Waals surface area contributed by atoms with Crippen LogP contribution < -0.4 is 0 Å². The Balaban J connectivity index is 2.11. The Hall–Kier alpha value is -1.95. The van der Waals surface area contributed by atoms with E-state index in [9.17, 15) is 9.59 Å². The van der Waals surface area contributed by atoms with Crippen molar-refractivity contribution >= 4 is 34.3 Å². The number of carboxylic acid groups (broad SMARTS) is 1. The molecule has 1 aliphatic rings. The number of carbonyl (C=O) groups is 2. The van der Waals surface area contributed by atoms with Crippen molar-refractivity contribution in [3.05, 3.63) is 35.4 Å². The Bertz CT molecular complexity index is 593. The van der Waals surface area contributed by atoms with Crippen LogP contribution in [0.5, 0.6) is 0 Å². The molecule has 0 saturated carbocycles. The van der Waals surface area contributed by atoms with Gasteiger partial charge in [0, 0.05) is 12.0 Å². The van der Waals surface area contributed by atoms with Crippen molar-refractivity contribution in [3.63, 3.8) is 0 Å². The Morgan fingerprint density at radius 3 is 2.74 bits per heavy atom. The fraction of sp³-hybridized carbons (Fsp3) is 0.231. The first kappa shape index (κ1) is 13.5. The molecule has 0 radical (unpaired) electrons. The minimum Gasteiger partial charge on any atom is -0.478 e. The maximum Gasteiger partial charge on any atom is 0.336 e. The lowest BCUT2D eigenvalue weighted by molar-refractivity contribution is -0.114. The van der Waals surface area contributed by atoms with Gasteiger partial charge in [-0.3, -0.25) is 4.79 Å². The lowest BCUT2D eigenvalue weighted by Crippen LogP contribution is -2.09. The van der Waals surface area contributed by atoms with E-state index in [0.29, 0.717) is 23.4 Å². The smallest absolute Gasteiger partial charge is 0.336 e. The molecular weight excluding hydrogens is 264 g/mol. The Kier molecular flexibility index (Phi) is 4.11. The summed E-state index contributed by atoms with van der Waals surface area (Å²) in [5.74, 6) is -0.544. The minimum absolute atomic E-state index is 0.0760. The maximum absolute atomic E-state index is 11.1. The van der Waals surface area contributed by atoms with Crippen molar-refractivity contribution in [3.8, 4) is 0 Å². The number of carbonyl (C=O) groups excluding carboxylic acids is 1. The molecule has 0 saturated heterocycles. The molecule has 0 aromatic heterocycles. The van der Waals surface area contributed by atoms with E-state index in [1.165, 1.54) is 18.7 Å². The summed E-state index contributed by atoms with van der Waals surface area (Å²) in [7, 11) is 0. The molecule has 5 nitrogen and oxygen atoms in total. The topological polar surface area (TPSA) is 79.1 Å². The highest BCUT2D eigenvalue weighted by Gasteiger charge is 2.20. The zero-order chi connectivity index (χ0) is 13.8. The molecular formula is C13H12N2O3S. The van der Waals surface area contributed by atoms with Crippen LogP contribution in [0.4, 0.5) is 0 Å². The average Bonchev–Trinajstić information content (AvgIpc) is 2.85. The SMILES string of the molecule is CC(=O)CSC1=NN=C(c2ccccc2C(=O)O)C1. The number of thioether (sulfide) groups is 1. The lowest BCUT2D eigenvalue weighted by atomic mass is 10.0. The third-order valence-corrected chi connectivity index (χ3v) is 3.62. The van der Waals surface area contributed by atoms with Gasteiger partial charge in [0.1, 0.15) is 10.8 Å². The van der Waals surface area contributed by atoms with E-state index >= 15 is 0 Å². The van der Waals surface area contributed by atoms with Gasteiger partial charge in [0.05, 0.1) is 17.0 Å². The highest BCUT2D eigenvalue weighted by atomic mass is 32.2. The first-order chi connectivity index (χ1) is 9.08. The van der Waals surface area contributed by atoms with Crippen molar-refractivity contribution in [2.45, 2.75) is 13.3 Å². The number of hydrogen-bond donors (Lipinski definition) is 1. The van der Waals surface area contributed by atoms with Crippen LogP contribution in [0.1, 0.15) is 29.3 Å². The van der Waals surface area contributed by atoms with Gasteiger partial charge in [-0.05, 0) is 13.0 Å². The number of nitrogens with zero attached hydrogens (tertiary/aromatic N) is 2. The average molecular weight is 276 g/mol. The van der Waals surface area contributed by atoms with E-state index in [-0.39, 0.29) is 11.3 Å². The van der Waals surface area contributed by atoms with Crippen LogP contribution in [-0.4, -0.2) is 33.4 Å². The van der Waals surface area contributed by atoms with Gasteiger partial charge in [-0.25, -0.2) is 4.79 Å². The largest absolute Gasteiger partial charge is 0.478 e. The quantitative estimate of drug-likeness (QED) is 0.914. The number of aromatic carboxylic acids is 1. The van der Waals surface area contributed by atoms with Crippen LogP contribution in [0.3, 0.4) is 0 Å². The first-order valence-corrected chi connectivity index (χ1v) is 6.65. The van der Waals surface area contributed by atoms with Gasteiger partial charge in [0.15, 0.2) is 0 Å². The number of rotatable bonds is 4. The summed E-state index contributed by atoms with van der Waals surface area (Å²) in [5.41, 5.74) is 1.43. The third kappa shape index (κ3) is 3.29. The molecule has 0 aliphatic carbocycles. The summed E-state index contributed by atoms with van der Waals surface area (Å²) in [6.45, 7) is 1.52. The van der Waals surface area contributed by atoms with Crippen LogP contribution in [0.25, 0.3) is 0 Å². The van der Waals surface area contributed by atoms with E-state index < -0.39 is 5.97 Å². The molecule has 1 N–H and O–H groups in total. The molecule has 0 spiro atoms. The van der Waals surface area contributed by atoms with Gasteiger partial charge in [-0.15, -0.1) is 16.9 Å². The second-order valence-electron chi connectivity index (χ2n) is 4.06. The van der Waals surface area contributed by atoms with Gasteiger partial charge < -0.3 is 5.11 Å². The van der Waals surface area contributed by atoms with Gasteiger partial charge in [-0.2, -0.15) is 5.10 Å². The monoisotopic (exact) mass is 276 g/mol.